The summed E-state index contributed by atoms with van der Waals surface area (Å²) < 4.78 is 5.10. The van der Waals surface area contributed by atoms with Crippen LogP contribution in [0.2, 0.25) is 0 Å². The number of aliphatic hydroxyl groups is 2. The van der Waals surface area contributed by atoms with Crippen molar-refractivity contribution in [2.24, 2.45) is 17.3 Å². The third-order valence-electron chi connectivity index (χ3n) is 5.90. The van der Waals surface area contributed by atoms with Gasteiger partial charge in [0.05, 0.1) is 0 Å². The normalized spacial score (nSPS) is 49.7. The Bertz CT molecular complexity index is 469. The van der Waals surface area contributed by atoms with Crippen LogP contribution in [-0.2, 0) is 9.53 Å². The first kappa shape index (κ1) is 13.1. The molecule has 0 bridgehead atoms. The summed E-state index contributed by atoms with van der Waals surface area (Å²) >= 11 is 0. The smallest absolute Gasteiger partial charge is 0.336 e. The van der Waals surface area contributed by atoms with E-state index in [1.54, 1.807) is 6.92 Å². The highest BCUT2D eigenvalue weighted by Gasteiger charge is 2.62. The zero-order chi connectivity index (χ0) is 14.0. The van der Waals surface area contributed by atoms with Crippen molar-refractivity contribution in [2.45, 2.75) is 58.3 Å². The molecule has 4 nitrogen and oxygen atoms in total. The Balaban J connectivity index is 2.09. The Morgan fingerprint density at radius 2 is 2.05 bits per heavy atom. The molecule has 2 saturated carbocycles. The molecule has 2 N–H and O–H groups in total. The highest BCUT2D eigenvalue weighted by atomic mass is 16.7. The molecule has 0 aromatic carbocycles. The third kappa shape index (κ3) is 1.50. The maximum Gasteiger partial charge on any atom is 0.336 e. The topological polar surface area (TPSA) is 66.8 Å². The summed E-state index contributed by atoms with van der Waals surface area (Å²) in [6.07, 6.45) is 2.71. The lowest BCUT2D eigenvalue weighted by Gasteiger charge is -2.55. The predicted molar refractivity (Wildman–Crippen MR) is 69.0 cm³/mol. The van der Waals surface area contributed by atoms with E-state index in [4.69, 9.17) is 4.74 Å². The van der Waals surface area contributed by atoms with Crippen LogP contribution in [-0.4, -0.2) is 28.1 Å². The van der Waals surface area contributed by atoms with Crippen molar-refractivity contribution >= 4 is 5.97 Å². The van der Waals surface area contributed by atoms with E-state index in [-0.39, 0.29) is 11.3 Å². The zero-order valence-electron chi connectivity index (χ0n) is 11.8. The van der Waals surface area contributed by atoms with Crippen LogP contribution >= 0.6 is 0 Å². The summed E-state index contributed by atoms with van der Waals surface area (Å²) in [6, 6.07) is 0. The summed E-state index contributed by atoms with van der Waals surface area (Å²) in [6.45, 7) is 6.06. The Morgan fingerprint density at radius 3 is 2.74 bits per heavy atom. The molecule has 0 aromatic rings. The van der Waals surface area contributed by atoms with E-state index in [2.05, 4.69) is 13.8 Å². The highest BCUT2D eigenvalue weighted by molar-refractivity contribution is 5.92. The van der Waals surface area contributed by atoms with Gasteiger partial charge in [-0.15, -0.1) is 0 Å². The van der Waals surface area contributed by atoms with E-state index in [1.165, 1.54) is 0 Å². The molecule has 3 aliphatic rings. The van der Waals surface area contributed by atoms with Gasteiger partial charge in [0.2, 0.25) is 0 Å². The predicted octanol–water partition coefficient (Wildman–Crippen LogP) is 1.76. The number of ether oxygens (including phenoxy) is 1. The van der Waals surface area contributed by atoms with Crippen molar-refractivity contribution in [2.75, 3.05) is 0 Å². The van der Waals surface area contributed by atoms with Crippen LogP contribution in [0.4, 0.5) is 0 Å². The van der Waals surface area contributed by atoms with Crippen molar-refractivity contribution in [1.82, 2.24) is 0 Å². The molecule has 4 heteroatoms. The first-order valence-corrected chi connectivity index (χ1v) is 7.14. The van der Waals surface area contributed by atoms with Crippen molar-refractivity contribution in [3.05, 3.63) is 11.1 Å². The number of hydrogen-bond acceptors (Lipinski definition) is 4. The standard InChI is InChI=1S/C15H22O4/c1-8-5-4-6-10-12(16)15(18)11(7-14(8,10)3)9(2)13(17)19-15/h8,10,12,16,18H,4-7H2,1-3H3/t8-,10+,12-,14+,15+/m0/s1. The molecule has 2 fully saturated rings. The molecule has 19 heavy (non-hydrogen) atoms. The lowest BCUT2D eigenvalue weighted by Crippen LogP contribution is -2.60. The average molecular weight is 266 g/mol. The van der Waals surface area contributed by atoms with Crippen molar-refractivity contribution in [3.8, 4) is 0 Å². The minimum absolute atomic E-state index is 0.0105. The number of carbonyl (C=O) groups excluding carboxylic acids is 1. The number of rotatable bonds is 0. The lowest BCUT2D eigenvalue weighted by atomic mass is 9.52. The van der Waals surface area contributed by atoms with Gasteiger partial charge in [0.1, 0.15) is 6.10 Å². The van der Waals surface area contributed by atoms with Crippen LogP contribution < -0.4 is 0 Å². The van der Waals surface area contributed by atoms with E-state index in [0.717, 1.165) is 19.3 Å². The molecule has 3 rings (SSSR count). The summed E-state index contributed by atoms with van der Waals surface area (Å²) in [5, 5.41) is 21.2. The second-order valence-electron chi connectivity index (χ2n) is 6.76. The monoisotopic (exact) mass is 266 g/mol. The van der Waals surface area contributed by atoms with Gasteiger partial charge in [-0.1, -0.05) is 26.7 Å². The summed E-state index contributed by atoms with van der Waals surface area (Å²) in [7, 11) is 0. The molecule has 0 saturated heterocycles. The van der Waals surface area contributed by atoms with Gasteiger partial charge in [0.25, 0.3) is 5.79 Å². The molecular weight excluding hydrogens is 244 g/mol. The van der Waals surface area contributed by atoms with Crippen molar-refractivity contribution in [3.63, 3.8) is 0 Å². The Labute approximate surface area is 113 Å². The molecule has 106 valence electrons. The van der Waals surface area contributed by atoms with Crippen LogP contribution in [0.3, 0.4) is 0 Å². The van der Waals surface area contributed by atoms with E-state index in [0.29, 0.717) is 23.5 Å². The van der Waals surface area contributed by atoms with E-state index in [1.807, 2.05) is 0 Å². The van der Waals surface area contributed by atoms with Gasteiger partial charge in [0.15, 0.2) is 0 Å². The lowest BCUT2D eigenvalue weighted by molar-refractivity contribution is -0.255. The Morgan fingerprint density at radius 1 is 1.37 bits per heavy atom. The van der Waals surface area contributed by atoms with Gasteiger partial charge in [-0.3, -0.25) is 0 Å². The van der Waals surface area contributed by atoms with Crippen LogP contribution in [0.1, 0.15) is 46.5 Å². The van der Waals surface area contributed by atoms with Gasteiger partial charge >= 0.3 is 5.97 Å². The van der Waals surface area contributed by atoms with Gasteiger partial charge in [-0.25, -0.2) is 4.79 Å². The molecule has 2 aliphatic carbocycles. The minimum Gasteiger partial charge on any atom is -0.423 e. The van der Waals surface area contributed by atoms with E-state index < -0.39 is 17.9 Å². The van der Waals surface area contributed by atoms with Crippen LogP contribution in [0, 0.1) is 17.3 Å². The first-order chi connectivity index (χ1) is 8.80. The molecule has 0 spiro atoms. The number of fused-ring (bicyclic) bond motifs is 2. The van der Waals surface area contributed by atoms with Crippen LogP contribution in [0.5, 0.6) is 0 Å². The average Bonchev–Trinajstić information content (AvgIpc) is 2.56. The van der Waals surface area contributed by atoms with Crippen LogP contribution in [0.25, 0.3) is 0 Å². The molecule has 1 aliphatic heterocycles. The van der Waals surface area contributed by atoms with E-state index in [9.17, 15) is 15.0 Å². The molecule has 0 unspecified atom stereocenters. The van der Waals surface area contributed by atoms with Gasteiger partial charge in [0, 0.05) is 11.1 Å². The maximum atomic E-state index is 11.7. The second kappa shape index (κ2) is 3.83. The Kier molecular flexibility index (Phi) is 2.64. The van der Waals surface area contributed by atoms with Gasteiger partial charge in [-0.05, 0) is 37.0 Å². The molecular formula is C15H22O4. The van der Waals surface area contributed by atoms with Crippen molar-refractivity contribution in [1.29, 1.82) is 0 Å². The highest BCUT2D eigenvalue weighted by Crippen LogP contribution is 2.59. The summed E-state index contributed by atoms with van der Waals surface area (Å²) in [5.74, 6) is -1.81. The molecule has 0 aromatic heterocycles. The quantitative estimate of drug-likeness (QED) is 0.656. The molecule has 1 heterocycles. The number of esters is 1. The summed E-state index contributed by atoms with van der Waals surface area (Å²) in [5.41, 5.74) is 1.01. The second-order valence-corrected chi connectivity index (χ2v) is 6.76. The SMILES string of the molecule is CC1=C2C[C@@]3(C)[C@H](CCC[C@@H]3C)[C@H](O)[C@]2(O)OC1=O. The minimum atomic E-state index is -1.78. The largest absolute Gasteiger partial charge is 0.423 e. The van der Waals surface area contributed by atoms with Gasteiger partial charge in [-0.2, -0.15) is 0 Å². The first-order valence-electron chi connectivity index (χ1n) is 7.14. The zero-order valence-corrected chi connectivity index (χ0v) is 11.8. The van der Waals surface area contributed by atoms with Gasteiger partial charge < -0.3 is 14.9 Å². The fourth-order valence-corrected chi connectivity index (χ4v) is 4.32. The third-order valence-corrected chi connectivity index (χ3v) is 5.90. The maximum absolute atomic E-state index is 11.7. The summed E-state index contributed by atoms with van der Waals surface area (Å²) in [4.78, 5) is 11.7. The molecule has 5 atom stereocenters. The molecule has 0 radical (unpaired) electrons. The number of carbonyl (C=O) groups is 1. The van der Waals surface area contributed by atoms with Crippen LogP contribution in [0.15, 0.2) is 11.1 Å². The fourth-order valence-electron chi connectivity index (χ4n) is 4.32. The number of hydrogen-bond donors (Lipinski definition) is 2. The number of aliphatic hydroxyl groups excluding tert-OH is 1. The Hall–Kier alpha value is -0.870. The van der Waals surface area contributed by atoms with Crippen molar-refractivity contribution < 1.29 is 19.7 Å². The fraction of sp³-hybridized carbons (Fsp3) is 0.800. The van der Waals surface area contributed by atoms with E-state index >= 15 is 0 Å². The molecule has 0 amide bonds.